The predicted octanol–water partition coefficient (Wildman–Crippen LogP) is -0.0133. The van der Waals surface area contributed by atoms with E-state index in [1.165, 1.54) is 12.1 Å². The molecule has 19 heavy (non-hydrogen) atoms. The van der Waals surface area contributed by atoms with Gasteiger partial charge < -0.3 is 10.5 Å². The van der Waals surface area contributed by atoms with E-state index in [9.17, 15) is 13.2 Å². The number of sulfonamides is 1. The molecule has 6 nitrogen and oxygen atoms in total. The van der Waals surface area contributed by atoms with E-state index in [1.807, 2.05) is 0 Å². The molecule has 104 valence electrons. The fourth-order valence-corrected chi connectivity index (χ4v) is 2.72. The number of hydrogen-bond donors (Lipinski definition) is 2. The van der Waals surface area contributed by atoms with Crippen molar-refractivity contribution in [2.24, 2.45) is 11.7 Å². The number of hydrogen-bond acceptors (Lipinski definition) is 5. The van der Waals surface area contributed by atoms with Crippen molar-refractivity contribution >= 4 is 15.9 Å². The maximum Gasteiger partial charge on any atom is 0.264 e. The van der Waals surface area contributed by atoms with E-state index in [4.69, 9.17) is 10.5 Å². The second-order valence-electron chi connectivity index (χ2n) is 4.48. The van der Waals surface area contributed by atoms with Crippen molar-refractivity contribution in [1.82, 2.24) is 4.72 Å². The van der Waals surface area contributed by atoms with Crippen molar-refractivity contribution in [3.05, 3.63) is 29.8 Å². The molecule has 7 heteroatoms. The SMILES string of the molecule is NCc1ccc(S(=O)(=O)NC(=O)CC2COC2)cc1. The molecule has 0 unspecified atom stereocenters. The molecule has 1 amide bonds. The normalized spacial score (nSPS) is 15.8. The van der Waals surface area contributed by atoms with Crippen LogP contribution in [0.4, 0.5) is 0 Å². The number of nitrogens with two attached hydrogens (primary N) is 1. The van der Waals surface area contributed by atoms with E-state index < -0.39 is 15.9 Å². The van der Waals surface area contributed by atoms with E-state index in [-0.39, 0.29) is 17.2 Å². The fourth-order valence-electron chi connectivity index (χ4n) is 1.72. The van der Waals surface area contributed by atoms with Crippen LogP contribution in [0.2, 0.25) is 0 Å². The topological polar surface area (TPSA) is 98.5 Å². The fraction of sp³-hybridized carbons (Fsp3) is 0.417. The van der Waals surface area contributed by atoms with Crippen LogP contribution in [0.15, 0.2) is 29.2 Å². The zero-order valence-corrected chi connectivity index (χ0v) is 11.2. The highest BCUT2D eigenvalue weighted by Crippen LogP contribution is 2.15. The highest BCUT2D eigenvalue weighted by molar-refractivity contribution is 7.90. The lowest BCUT2D eigenvalue weighted by atomic mass is 10.0. The molecule has 1 aliphatic heterocycles. The van der Waals surface area contributed by atoms with E-state index in [0.29, 0.717) is 19.8 Å². The summed E-state index contributed by atoms with van der Waals surface area (Å²) in [7, 11) is -3.80. The summed E-state index contributed by atoms with van der Waals surface area (Å²) >= 11 is 0. The van der Waals surface area contributed by atoms with Crippen molar-refractivity contribution in [3.8, 4) is 0 Å². The van der Waals surface area contributed by atoms with Gasteiger partial charge >= 0.3 is 0 Å². The lowest BCUT2D eigenvalue weighted by Gasteiger charge is -2.25. The van der Waals surface area contributed by atoms with E-state index in [0.717, 1.165) is 5.56 Å². The molecule has 1 saturated heterocycles. The third-order valence-corrected chi connectivity index (χ3v) is 4.29. The first-order chi connectivity index (χ1) is 9.01. The van der Waals surface area contributed by atoms with Crippen LogP contribution in [0.25, 0.3) is 0 Å². The van der Waals surface area contributed by atoms with Gasteiger partial charge in [0, 0.05) is 18.9 Å². The highest BCUT2D eigenvalue weighted by atomic mass is 32.2. The van der Waals surface area contributed by atoms with Crippen molar-refractivity contribution in [3.63, 3.8) is 0 Å². The van der Waals surface area contributed by atoms with Gasteiger partial charge in [0.1, 0.15) is 0 Å². The number of rotatable bonds is 5. The van der Waals surface area contributed by atoms with Crippen molar-refractivity contribution in [2.75, 3.05) is 13.2 Å². The molecule has 1 aromatic rings. The number of nitrogens with one attached hydrogen (secondary N) is 1. The number of carbonyl (C=O) groups is 1. The minimum atomic E-state index is -3.80. The maximum absolute atomic E-state index is 11.9. The van der Waals surface area contributed by atoms with Crippen molar-refractivity contribution in [1.29, 1.82) is 0 Å². The first kappa shape index (κ1) is 14.0. The number of carbonyl (C=O) groups excluding carboxylic acids is 1. The van der Waals surface area contributed by atoms with Gasteiger partial charge in [-0.2, -0.15) is 0 Å². The molecule has 1 heterocycles. The summed E-state index contributed by atoms with van der Waals surface area (Å²) < 4.78 is 30.9. The zero-order valence-electron chi connectivity index (χ0n) is 10.3. The molecule has 0 aromatic heterocycles. The summed E-state index contributed by atoms with van der Waals surface area (Å²) in [5.74, 6) is -0.383. The monoisotopic (exact) mass is 284 g/mol. The molecule has 0 bridgehead atoms. The second kappa shape index (κ2) is 5.68. The first-order valence-corrected chi connectivity index (χ1v) is 7.42. The number of benzene rings is 1. The Morgan fingerprint density at radius 1 is 1.32 bits per heavy atom. The highest BCUT2D eigenvalue weighted by Gasteiger charge is 2.24. The molecule has 3 N–H and O–H groups in total. The minimum absolute atomic E-state index is 0.0582. The van der Waals surface area contributed by atoms with Gasteiger partial charge in [-0.25, -0.2) is 13.1 Å². The summed E-state index contributed by atoms with van der Waals surface area (Å²) in [5, 5.41) is 0. The average Bonchev–Trinajstić information content (AvgIpc) is 2.33. The van der Waals surface area contributed by atoms with Crippen LogP contribution in [0.5, 0.6) is 0 Å². The van der Waals surface area contributed by atoms with Gasteiger partial charge in [0.15, 0.2) is 0 Å². The Hall–Kier alpha value is -1.44. The molecule has 0 saturated carbocycles. The van der Waals surface area contributed by atoms with E-state index in [1.54, 1.807) is 12.1 Å². The lowest BCUT2D eigenvalue weighted by molar-refractivity contribution is -0.124. The number of amides is 1. The Labute approximate surface area is 112 Å². The Kier molecular flexibility index (Phi) is 4.18. The summed E-state index contributed by atoms with van der Waals surface area (Å²) in [6.07, 6.45) is 0.167. The zero-order chi connectivity index (χ0) is 13.9. The molecular weight excluding hydrogens is 268 g/mol. The molecule has 0 aliphatic carbocycles. The quantitative estimate of drug-likeness (QED) is 0.792. The Morgan fingerprint density at radius 3 is 2.42 bits per heavy atom. The Bertz CT molecular complexity index is 550. The van der Waals surface area contributed by atoms with Gasteiger partial charge in [-0.15, -0.1) is 0 Å². The van der Waals surface area contributed by atoms with Gasteiger partial charge in [0.2, 0.25) is 5.91 Å². The molecule has 1 aliphatic rings. The summed E-state index contributed by atoms with van der Waals surface area (Å²) in [6.45, 7) is 1.37. The summed E-state index contributed by atoms with van der Waals surface area (Å²) in [5.41, 5.74) is 6.27. The van der Waals surface area contributed by atoms with Crippen LogP contribution in [0, 0.1) is 5.92 Å². The van der Waals surface area contributed by atoms with Crippen LogP contribution in [-0.2, 0) is 26.1 Å². The van der Waals surface area contributed by atoms with Crippen LogP contribution in [0.1, 0.15) is 12.0 Å². The van der Waals surface area contributed by atoms with E-state index >= 15 is 0 Å². The smallest absolute Gasteiger partial charge is 0.264 e. The molecule has 0 atom stereocenters. The Morgan fingerprint density at radius 2 is 1.95 bits per heavy atom. The minimum Gasteiger partial charge on any atom is -0.381 e. The largest absolute Gasteiger partial charge is 0.381 e. The second-order valence-corrected chi connectivity index (χ2v) is 6.17. The standard InChI is InChI=1S/C12H16N2O4S/c13-6-9-1-3-11(4-2-9)19(16,17)14-12(15)5-10-7-18-8-10/h1-4,10H,5-8,13H2,(H,14,15). The first-order valence-electron chi connectivity index (χ1n) is 5.93. The third-order valence-electron chi connectivity index (χ3n) is 2.90. The number of ether oxygens (including phenoxy) is 1. The summed E-state index contributed by atoms with van der Waals surface area (Å²) in [4.78, 5) is 11.7. The molecular formula is C12H16N2O4S. The van der Waals surface area contributed by atoms with Crippen LogP contribution < -0.4 is 10.5 Å². The predicted molar refractivity (Wildman–Crippen MR) is 68.6 cm³/mol. The van der Waals surface area contributed by atoms with Crippen molar-refractivity contribution in [2.45, 2.75) is 17.9 Å². The molecule has 0 spiro atoms. The average molecular weight is 284 g/mol. The summed E-state index contributed by atoms with van der Waals surface area (Å²) in [6, 6.07) is 6.12. The van der Waals surface area contributed by atoms with Gasteiger partial charge in [-0.3, -0.25) is 4.79 Å². The van der Waals surface area contributed by atoms with Crippen LogP contribution in [0.3, 0.4) is 0 Å². The van der Waals surface area contributed by atoms with Gasteiger partial charge in [-0.05, 0) is 17.7 Å². The molecule has 2 rings (SSSR count). The molecule has 0 radical (unpaired) electrons. The van der Waals surface area contributed by atoms with E-state index in [2.05, 4.69) is 4.72 Å². The Balaban J connectivity index is 2.01. The lowest BCUT2D eigenvalue weighted by Crippen LogP contribution is -2.37. The van der Waals surface area contributed by atoms with Crippen LogP contribution in [-0.4, -0.2) is 27.5 Å². The van der Waals surface area contributed by atoms with Crippen LogP contribution >= 0.6 is 0 Å². The maximum atomic E-state index is 11.9. The van der Waals surface area contributed by atoms with Gasteiger partial charge in [-0.1, -0.05) is 12.1 Å². The third kappa shape index (κ3) is 3.52. The van der Waals surface area contributed by atoms with Crippen molar-refractivity contribution < 1.29 is 17.9 Å². The van der Waals surface area contributed by atoms with Gasteiger partial charge in [0.25, 0.3) is 10.0 Å². The molecule has 1 aromatic carbocycles. The van der Waals surface area contributed by atoms with Gasteiger partial charge in [0.05, 0.1) is 18.1 Å². The molecule has 1 fully saturated rings.